The number of fused-ring (bicyclic) bond motifs is 5. The van der Waals surface area contributed by atoms with Crippen LogP contribution in [-0.4, -0.2) is 18.7 Å². The molecule has 3 aromatic heterocycles. The van der Waals surface area contributed by atoms with Gasteiger partial charge in [-0.25, -0.2) is 0 Å². The van der Waals surface area contributed by atoms with Gasteiger partial charge in [-0.2, -0.15) is 0 Å². The summed E-state index contributed by atoms with van der Waals surface area (Å²) in [5, 5.41) is 2.28. The molecule has 0 saturated heterocycles. The average molecular weight is 745 g/mol. The third-order valence-corrected chi connectivity index (χ3v) is 9.66. The van der Waals surface area contributed by atoms with Crippen molar-refractivity contribution < 1.29 is 28.2 Å². The summed E-state index contributed by atoms with van der Waals surface area (Å²) in [5.74, 6) is 1.88. The standard InChI is InChI=1S/C37H30N4O.Pt/c1-37(2)18-9-10-25-20-30-29-17-16-28(22-34(29)41(35(30)23-31(25)37)36-15-6-7-19-38-36)42-27-12-8-11-26(21-27)40-24-39(3)32-13-4-5-14-33(32)40;/h4-8,11-17,19-20,23H,9-10,18H2,1-3H3;/q-2;/i3D3;. The molecule has 0 N–H and O–H groups in total. The summed E-state index contributed by atoms with van der Waals surface area (Å²) < 4.78 is 36.9. The van der Waals surface area contributed by atoms with Gasteiger partial charge in [-0.1, -0.05) is 19.9 Å². The van der Waals surface area contributed by atoms with E-state index < -0.39 is 6.98 Å². The maximum absolute atomic E-state index is 8.15. The number of aromatic nitrogens is 4. The molecule has 0 amide bonds. The number of para-hydroxylation sites is 2. The van der Waals surface area contributed by atoms with E-state index in [4.69, 9.17) is 13.8 Å². The molecule has 216 valence electrons. The Balaban J connectivity index is 1.26. The third kappa shape index (κ3) is 4.24. The number of rotatable bonds is 4. The molecule has 3 heterocycles. The number of benzene rings is 4. The zero-order valence-corrected chi connectivity index (χ0v) is 26.1. The average Bonchev–Trinajstić information content (AvgIpc) is 3.51. The van der Waals surface area contributed by atoms with Gasteiger partial charge in [0.15, 0.2) is 0 Å². The summed E-state index contributed by atoms with van der Waals surface area (Å²) in [5.41, 5.74) is 7.02. The molecule has 43 heavy (non-hydrogen) atoms. The fraction of sp³-hybridized carbons (Fsp3) is 0.189. The number of hydrogen-bond acceptors (Lipinski definition) is 2. The van der Waals surface area contributed by atoms with Crippen LogP contribution in [0.4, 0.5) is 0 Å². The van der Waals surface area contributed by atoms with Crippen molar-refractivity contribution >= 4 is 32.8 Å². The van der Waals surface area contributed by atoms with Gasteiger partial charge >= 0.3 is 198 Å². The number of aryl methyl sites for hydroxylation is 2. The second-order valence-corrected chi connectivity index (χ2v) is 12.8. The minimum atomic E-state index is -2.33. The van der Waals surface area contributed by atoms with Gasteiger partial charge in [0.2, 0.25) is 0 Å². The summed E-state index contributed by atoms with van der Waals surface area (Å²) in [7, 11) is 0. The monoisotopic (exact) mass is 744 g/mol. The molecule has 0 bridgehead atoms. The fourth-order valence-corrected chi connectivity index (χ4v) is 7.40. The molecule has 4 aromatic carbocycles. The molecule has 6 heteroatoms. The molecule has 0 unspecified atom stereocenters. The van der Waals surface area contributed by atoms with Crippen LogP contribution in [0.3, 0.4) is 0 Å². The Labute approximate surface area is 265 Å². The molecule has 0 fully saturated rings. The first-order valence-electron chi connectivity index (χ1n) is 15.9. The second-order valence-electron chi connectivity index (χ2n) is 11.8. The molecule has 0 spiro atoms. The zero-order chi connectivity index (χ0) is 31.8. The molecule has 7 aromatic rings. The predicted octanol–water partition coefficient (Wildman–Crippen LogP) is 8.55. The van der Waals surface area contributed by atoms with E-state index in [2.05, 4.69) is 68.1 Å². The van der Waals surface area contributed by atoms with Crippen LogP contribution < -0.4 is 4.74 Å². The SMILES string of the molecule is [2H]C([2H])([2H])n1[c](=[Pt])n(-c2[c-]c(Oc3[c-]c4c(cc3)c3cc5c(cc3n4-c3ccccn3)C(C)(C)CCC5)ccc2)c2ccccc21. The van der Waals surface area contributed by atoms with Crippen molar-refractivity contribution in [2.75, 3.05) is 0 Å². The Hall–Kier alpha value is -4.21. The van der Waals surface area contributed by atoms with Gasteiger partial charge in [-0.05, 0) is 41.9 Å². The molecule has 5 nitrogen and oxygen atoms in total. The van der Waals surface area contributed by atoms with Gasteiger partial charge < -0.3 is 0 Å². The van der Waals surface area contributed by atoms with E-state index in [9.17, 15) is 0 Å². The van der Waals surface area contributed by atoms with Crippen LogP contribution in [0, 0.1) is 15.9 Å². The molecule has 0 saturated carbocycles. The molecule has 8 rings (SSSR count). The number of nitrogens with zero attached hydrogens (tertiary/aromatic N) is 4. The summed E-state index contributed by atoms with van der Waals surface area (Å²) in [6.45, 7) is 2.35. The predicted molar refractivity (Wildman–Crippen MR) is 168 cm³/mol. The van der Waals surface area contributed by atoms with E-state index in [1.807, 2.05) is 77.5 Å². The molecule has 0 radical (unpaired) electrons. The Morgan fingerprint density at radius 3 is 2.53 bits per heavy atom. The van der Waals surface area contributed by atoms with Gasteiger partial charge in [0.1, 0.15) is 0 Å². The summed E-state index contributed by atoms with van der Waals surface area (Å²) in [4.78, 5) is 4.73. The Morgan fingerprint density at radius 2 is 1.70 bits per heavy atom. The van der Waals surface area contributed by atoms with Crippen LogP contribution in [0.15, 0.2) is 91.1 Å². The summed E-state index contributed by atoms with van der Waals surface area (Å²) >= 11 is 2.07. The first kappa shape index (κ1) is 23.3. The molecule has 1 aliphatic carbocycles. The van der Waals surface area contributed by atoms with Crippen molar-refractivity contribution in [2.24, 2.45) is 6.98 Å². The van der Waals surface area contributed by atoms with Crippen LogP contribution >= 0.6 is 0 Å². The second kappa shape index (κ2) is 9.92. The fourth-order valence-electron chi connectivity index (χ4n) is 6.58. The Kier molecular flexibility index (Phi) is 5.37. The van der Waals surface area contributed by atoms with Crippen molar-refractivity contribution in [3.63, 3.8) is 0 Å². The molecular formula is C37H30N4OPt-2. The third-order valence-electron chi connectivity index (χ3n) is 8.65. The van der Waals surface area contributed by atoms with Gasteiger partial charge in [0.05, 0.1) is 0 Å². The van der Waals surface area contributed by atoms with Crippen molar-refractivity contribution in [2.45, 2.75) is 38.5 Å². The number of imidazole rings is 1. The quantitative estimate of drug-likeness (QED) is 0.170. The van der Waals surface area contributed by atoms with Crippen molar-refractivity contribution in [3.8, 4) is 23.0 Å². The van der Waals surface area contributed by atoms with E-state index >= 15 is 0 Å². The minimum absolute atomic E-state index is 0.109. The van der Waals surface area contributed by atoms with Crippen LogP contribution in [0.1, 0.15) is 41.9 Å². The normalized spacial score (nSPS) is 15.8. The molecule has 0 atom stereocenters. The molecule has 1 aliphatic rings. The zero-order valence-electron chi connectivity index (χ0n) is 26.8. The number of hydrogen-bond donors (Lipinski definition) is 0. The number of pyridine rings is 1. The van der Waals surface area contributed by atoms with Crippen molar-refractivity contribution in [1.82, 2.24) is 18.7 Å². The first-order chi connectivity index (χ1) is 22.1. The molecular weight excluding hydrogens is 712 g/mol. The van der Waals surface area contributed by atoms with Crippen LogP contribution in [0.25, 0.3) is 44.3 Å². The van der Waals surface area contributed by atoms with E-state index in [-0.39, 0.29) is 5.41 Å². The van der Waals surface area contributed by atoms with Crippen LogP contribution in [0.5, 0.6) is 11.5 Å². The van der Waals surface area contributed by atoms with Gasteiger partial charge in [-0.15, -0.1) is 0 Å². The van der Waals surface area contributed by atoms with Crippen LogP contribution in [-0.2, 0) is 38.2 Å². The molecule has 0 aliphatic heterocycles. The van der Waals surface area contributed by atoms with E-state index in [0.717, 1.165) is 34.2 Å². The maximum atomic E-state index is 8.15. The van der Waals surface area contributed by atoms with Gasteiger partial charge in [-0.3, -0.25) is 0 Å². The topological polar surface area (TPSA) is 36.9 Å². The van der Waals surface area contributed by atoms with Gasteiger partial charge in [0.25, 0.3) is 0 Å². The summed E-state index contributed by atoms with van der Waals surface area (Å²) in [6, 6.07) is 34.8. The van der Waals surface area contributed by atoms with E-state index in [0.29, 0.717) is 26.5 Å². The summed E-state index contributed by atoms with van der Waals surface area (Å²) in [6.07, 6.45) is 5.27. The van der Waals surface area contributed by atoms with Crippen molar-refractivity contribution in [1.29, 1.82) is 0 Å². The first-order valence-corrected chi connectivity index (χ1v) is 15.6. The Bertz CT molecular complexity index is 2370. The van der Waals surface area contributed by atoms with Crippen molar-refractivity contribution in [3.05, 3.63) is 118 Å². The Morgan fingerprint density at radius 1 is 0.860 bits per heavy atom. The van der Waals surface area contributed by atoms with E-state index in [1.165, 1.54) is 33.9 Å². The number of ether oxygens (including phenoxy) is 1. The van der Waals surface area contributed by atoms with Gasteiger partial charge in [0, 0.05) is 6.20 Å². The van der Waals surface area contributed by atoms with E-state index in [1.54, 1.807) is 0 Å². The van der Waals surface area contributed by atoms with Crippen LogP contribution in [0.2, 0.25) is 0 Å².